The van der Waals surface area contributed by atoms with E-state index in [0.717, 1.165) is 24.4 Å². The fourth-order valence-corrected chi connectivity index (χ4v) is 4.68. The lowest BCUT2D eigenvalue weighted by molar-refractivity contribution is 0.0578. The number of nitrogens with one attached hydrogen (secondary N) is 1. The van der Waals surface area contributed by atoms with Crippen LogP contribution in [0.15, 0.2) is 24.3 Å². The number of hydrogen-bond donors (Lipinski definition) is 1. The van der Waals surface area contributed by atoms with Gasteiger partial charge in [-0.05, 0) is 38.8 Å². The lowest BCUT2D eigenvalue weighted by Crippen LogP contribution is -2.49. The number of fused-ring (bicyclic) bond motifs is 3. The summed E-state index contributed by atoms with van der Waals surface area (Å²) >= 11 is 0. The Balaban J connectivity index is 1.60. The third kappa shape index (κ3) is 2.36. The first-order valence-electron chi connectivity index (χ1n) is 8.42. The van der Waals surface area contributed by atoms with Crippen LogP contribution in [-0.2, 0) is 0 Å². The van der Waals surface area contributed by atoms with Gasteiger partial charge in [-0.3, -0.25) is 4.90 Å². The van der Waals surface area contributed by atoms with Gasteiger partial charge in [0.2, 0.25) is 0 Å². The molecule has 21 heavy (non-hydrogen) atoms. The van der Waals surface area contributed by atoms with Gasteiger partial charge in [-0.1, -0.05) is 25.1 Å². The summed E-state index contributed by atoms with van der Waals surface area (Å²) in [6, 6.07) is 11.3. The number of rotatable bonds is 2. The Morgan fingerprint density at radius 2 is 1.86 bits per heavy atom. The summed E-state index contributed by atoms with van der Waals surface area (Å²) < 4.78 is 5.92. The van der Waals surface area contributed by atoms with Gasteiger partial charge in [0.15, 0.2) is 0 Å². The van der Waals surface area contributed by atoms with Crippen LogP contribution in [0.5, 0.6) is 5.75 Å². The molecule has 0 aliphatic carbocycles. The second kappa shape index (κ2) is 5.29. The van der Waals surface area contributed by atoms with E-state index in [1.165, 1.54) is 31.2 Å². The molecule has 0 spiro atoms. The van der Waals surface area contributed by atoms with E-state index in [1.807, 2.05) is 0 Å². The number of ether oxygens (including phenoxy) is 1. The summed E-state index contributed by atoms with van der Waals surface area (Å²) in [6.07, 6.45) is 5.35. The average molecular weight is 286 g/mol. The Morgan fingerprint density at radius 1 is 1.14 bits per heavy atom. The summed E-state index contributed by atoms with van der Waals surface area (Å²) in [5.41, 5.74) is 1.38. The minimum absolute atomic E-state index is 0.498. The van der Waals surface area contributed by atoms with Crippen LogP contribution in [0, 0.1) is 5.92 Å². The van der Waals surface area contributed by atoms with Crippen LogP contribution in [0.25, 0.3) is 0 Å². The van der Waals surface area contributed by atoms with Crippen LogP contribution < -0.4 is 10.1 Å². The lowest BCUT2D eigenvalue weighted by atomic mass is 9.87. The smallest absolute Gasteiger partial charge is 0.124 e. The van der Waals surface area contributed by atoms with Crippen LogP contribution >= 0.6 is 0 Å². The normalized spacial score (nSPS) is 38.1. The molecule has 4 unspecified atom stereocenters. The second-order valence-corrected chi connectivity index (χ2v) is 7.20. The van der Waals surface area contributed by atoms with E-state index in [4.69, 9.17) is 4.74 Å². The molecule has 2 fully saturated rings. The molecule has 1 N–H and O–H groups in total. The van der Waals surface area contributed by atoms with Crippen molar-refractivity contribution < 1.29 is 4.74 Å². The molecule has 4 atom stereocenters. The van der Waals surface area contributed by atoms with E-state index >= 15 is 0 Å². The number of piperidine rings is 1. The van der Waals surface area contributed by atoms with Crippen LogP contribution in [-0.4, -0.2) is 36.7 Å². The zero-order chi connectivity index (χ0) is 14.4. The Bertz CT molecular complexity index is 506. The van der Waals surface area contributed by atoms with Gasteiger partial charge in [0.1, 0.15) is 5.75 Å². The standard InChI is InChI=1S/C18H26N2O/c1-12-11-21-17-6-4-3-5-16(17)18(12)20(2)15-9-13-7-8-14(10-15)19-13/h3-6,12-15,18-19H,7-11H2,1-2H3. The molecule has 3 heterocycles. The largest absolute Gasteiger partial charge is 0.493 e. The van der Waals surface area contributed by atoms with Crippen LogP contribution in [0.2, 0.25) is 0 Å². The third-order valence-corrected chi connectivity index (χ3v) is 5.74. The maximum Gasteiger partial charge on any atom is 0.124 e. The molecule has 1 aromatic rings. The molecule has 0 amide bonds. The summed E-state index contributed by atoms with van der Waals surface area (Å²) in [6.45, 7) is 3.16. The highest BCUT2D eigenvalue weighted by molar-refractivity contribution is 5.38. The molecule has 3 nitrogen and oxygen atoms in total. The number of nitrogens with zero attached hydrogens (tertiary/aromatic N) is 1. The van der Waals surface area contributed by atoms with Gasteiger partial charge in [-0.15, -0.1) is 0 Å². The number of para-hydroxylation sites is 1. The SMILES string of the molecule is CC1COc2ccccc2C1N(C)C1CC2CCC(C1)N2. The van der Waals surface area contributed by atoms with Crippen molar-refractivity contribution in [1.82, 2.24) is 10.2 Å². The van der Waals surface area contributed by atoms with E-state index < -0.39 is 0 Å². The lowest BCUT2D eigenvalue weighted by Gasteiger charge is -2.44. The second-order valence-electron chi connectivity index (χ2n) is 7.20. The van der Waals surface area contributed by atoms with Gasteiger partial charge in [0.25, 0.3) is 0 Å². The molecule has 3 aliphatic heterocycles. The quantitative estimate of drug-likeness (QED) is 0.904. The molecule has 0 radical (unpaired) electrons. The van der Waals surface area contributed by atoms with Crippen molar-refractivity contribution in [2.75, 3.05) is 13.7 Å². The van der Waals surface area contributed by atoms with Crippen molar-refractivity contribution in [1.29, 1.82) is 0 Å². The predicted molar refractivity (Wildman–Crippen MR) is 84.6 cm³/mol. The Kier molecular flexibility index (Phi) is 3.43. The van der Waals surface area contributed by atoms with Crippen LogP contribution in [0.1, 0.15) is 44.2 Å². The maximum atomic E-state index is 5.92. The minimum Gasteiger partial charge on any atom is -0.493 e. The summed E-state index contributed by atoms with van der Waals surface area (Å²) in [5.74, 6) is 1.64. The van der Waals surface area contributed by atoms with Crippen molar-refractivity contribution in [3.8, 4) is 5.75 Å². The monoisotopic (exact) mass is 286 g/mol. The highest BCUT2D eigenvalue weighted by Crippen LogP contribution is 2.41. The third-order valence-electron chi connectivity index (χ3n) is 5.74. The molecule has 114 valence electrons. The van der Waals surface area contributed by atoms with E-state index in [1.54, 1.807) is 0 Å². The van der Waals surface area contributed by atoms with Gasteiger partial charge in [0, 0.05) is 35.6 Å². The van der Waals surface area contributed by atoms with Crippen molar-refractivity contribution >= 4 is 0 Å². The molecule has 2 bridgehead atoms. The van der Waals surface area contributed by atoms with Crippen molar-refractivity contribution in [2.45, 2.75) is 56.8 Å². The molecule has 2 saturated heterocycles. The number of hydrogen-bond acceptors (Lipinski definition) is 3. The highest BCUT2D eigenvalue weighted by atomic mass is 16.5. The molecular weight excluding hydrogens is 260 g/mol. The maximum absolute atomic E-state index is 5.92. The Hall–Kier alpha value is -1.06. The van der Waals surface area contributed by atoms with Crippen LogP contribution in [0.3, 0.4) is 0 Å². The number of benzene rings is 1. The summed E-state index contributed by atoms with van der Waals surface area (Å²) in [7, 11) is 2.33. The fraction of sp³-hybridized carbons (Fsp3) is 0.667. The van der Waals surface area contributed by atoms with Gasteiger partial charge in [0.05, 0.1) is 6.61 Å². The van der Waals surface area contributed by atoms with Gasteiger partial charge in [-0.2, -0.15) is 0 Å². The van der Waals surface area contributed by atoms with Gasteiger partial charge < -0.3 is 10.1 Å². The van der Waals surface area contributed by atoms with Crippen molar-refractivity contribution in [2.24, 2.45) is 5.92 Å². The molecule has 1 aromatic carbocycles. The zero-order valence-electron chi connectivity index (χ0n) is 13.1. The zero-order valence-corrected chi connectivity index (χ0v) is 13.1. The van der Waals surface area contributed by atoms with E-state index in [2.05, 4.69) is 48.5 Å². The van der Waals surface area contributed by atoms with Crippen molar-refractivity contribution in [3.63, 3.8) is 0 Å². The summed E-state index contributed by atoms with van der Waals surface area (Å²) in [4.78, 5) is 2.65. The van der Waals surface area contributed by atoms with Gasteiger partial charge in [-0.25, -0.2) is 0 Å². The Labute approximate surface area is 127 Å². The molecule has 0 aromatic heterocycles. The molecule has 3 aliphatic rings. The van der Waals surface area contributed by atoms with Gasteiger partial charge >= 0.3 is 0 Å². The fourth-order valence-electron chi connectivity index (χ4n) is 4.68. The molecule has 0 saturated carbocycles. The predicted octanol–water partition coefficient (Wildman–Crippen LogP) is 2.97. The molecule has 4 rings (SSSR count). The Morgan fingerprint density at radius 3 is 2.62 bits per heavy atom. The van der Waals surface area contributed by atoms with Crippen LogP contribution in [0.4, 0.5) is 0 Å². The highest BCUT2D eigenvalue weighted by Gasteiger charge is 2.39. The van der Waals surface area contributed by atoms with E-state index in [0.29, 0.717) is 18.0 Å². The molecular formula is C18H26N2O. The first-order valence-corrected chi connectivity index (χ1v) is 8.42. The topological polar surface area (TPSA) is 24.5 Å². The van der Waals surface area contributed by atoms with E-state index in [9.17, 15) is 0 Å². The van der Waals surface area contributed by atoms with E-state index in [-0.39, 0.29) is 0 Å². The summed E-state index contributed by atoms with van der Waals surface area (Å²) in [5, 5.41) is 3.76. The minimum atomic E-state index is 0.498. The first kappa shape index (κ1) is 13.6. The van der Waals surface area contributed by atoms with Crippen molar-refractivity contribution in [3.05, 3.63) is 29.8 Å². The first-order chi connectivity index (χ1) is 10.2. The molecule has 3 heteroatoms. The average Bonchev–Trinajstić information content (AvgIpc) is 2.85.